The Kier molecular flexibility index (Phi) is 4.02. The molecule has 2 aliphatic rings. The van der Waals surface area contributed by atoms with Crippen molar-refractivity contribution in [1.82, 2.24) is 5.32 Å². The molecule has 0 saturated heterocycles. The van der Waals surface area contributed by atoms with Gasteiger partial charge in [-0.05, 0) is 29.3 Å². The Morgan fingerprint density at radius 3 is 2.76 bits per heavy atom. The largest absolute Gasteiger partial charge is 0.463 e. The van der Waals surface area contributed by atoms with Gasteiger partial charge in [-0.3, -0.25) is 5.32 Å². The highest BCUT2D eigenvalue weighted by Gasteiger charge is 2.46. The number of hydrogen-bond acceptors (Lipinski definition) is 4. The van der Waals surface area contributed by atoms with Gasteiger partial charge in [-0.1, -0.05) is 48.0 Å². The minimum atomic E-state index is -0.723. The lowest BCUT2D eigenvalue weighted by atomic mass is 9.84. The molecule has 0 saturated carbocycles. The van der Waals surface area contributed by atoms with Crippen molar-refractivity contribution < 1.29 is 14.3 Å². The number of nitrogens with one attached hydrogen (secondary N) is 1. The number of esters is 1. The van der Waals surface area contributed by atoms with Crippen LogP contribution in [0.5, 0.6) is 0 Å². The Hall–Kier alpha value is -2.30. The summed E-state index contributed by atoms with van der Waals surface area (Å²) in [6.45, 7) is 0.706. The van der Waals surface area contributed by atoms with Gasteiger partial charge in [0.1, 0.15) is 0 Å². The minimum Gasteiger partial charge on any atom is -0.463 e. The van der Waals surface area contributed by atoms with Crippen molar-refractivity contribution in [3.8, 4) is 0 Å². The van der Waals surface area contributed by atoms with Crippen LogP contribution in [-0.4, -0.2) is 13.1 Å². The van der Waals surface area contributed by atoms with E-state index >= 15 is 0 Å². The molecule has 0 fully saturated rings. The summed E-state index contributed by atoms with van der Waals surface area (Å²) >= 11 is 6.01. The van der Waals surface area contributed by atoms with E-state index in [2.05, 4.69) is 17.4 Å². The first-order valence-electron chi connectivity index (χ1n) is 8.19. The van der Waals surface area contributed by atoms with E-state index in [0.717, 1.165) is 11.1 Å². The third-order valence-corrected chi connectivity index (χ3v) is 5.10. The number of halogens is 1. The molecule has 1 spiro atoms. The Morgan fingerprint density at radius 1 is 1.24 bits per heavy atom. The number of allylic oxidation sites excluding steroid dienone is 1. The fourth-order valence-corrected chi connectivity index (χ4v) is 3.75. The van der Waals surface area contributed by atoms with Gasteiger partial charge in [-0.25, -0.2) is 4.79 Å². The molecular formula is C20H18ClNO3. The van der Waals surface area contributed by atoms with Crippen LogP contribution < -0.4 is 5.32 Å². The van der Waals surface area contributed by atoms with E-state index in [4.69, 9.17) is 21.1 Å². The summed E-state index contributed by atoms with van der Waals surface area (Å²) in [5, 5.41) is 4.15. The first kappa shape index (κ1) is 16.2. The summed E-state index contributed by atoms with van der Waals surface area (Å²) in [4.78, 5) is 12.2. The van der Waals surface area contributed by atoms with Crippen molar-refractivity contribution in [2.75, 3.05) is 7.11 Å². The van der Waals surface area contributed by atoms with E-state index in [-0.39, 0.29) is 11.7 Å². The maximum Gasteiger partial charge on any atom is 0.373 e. The molecule has 2 heterocycles. The van der Waals surface area contributed by atoms with Gasteiger partial charge >= 0.3 is 5.97 Å². The maximum atomic E-state index is 12.2. The fraction of sp³-hybridized carbons (Fsp3) is 0.250. The van der Waals surface area contributed by atoms with E-state index in [1.165, 1.54) is 12.7 Å². The summed E-state index contributed by atoms with van der Waals surface area (Å²) in [5.41, 5.74) is 2.62. The Balaban J connectivity index is 1.78. The number of carbonyl (C=O) groups excluding carboxylic acids is 1. The predicted octanol–water partition coefficient (Wildman–Crippen LogP) is 3.86. The van der Waals surface area contributed by atoms with E-state index in [1.807, 2.05) is 42.5 Å². The van der Waals surface area contributed by atoms with Gasteiger partial charge in [0.25, 0.3) is 0 Å². The topological polar surface area (TPSA) is 47.6 Å². The van der Waals surface area contributed by atoms with Gasteiger partial charge < -0.3 is 9.47 Å². The van der Waals surface area contributed by atoms with Crippen molar-refractivity contribution in [1.29, 1.82) is 0 Å². The van der Waals surface area contributed by atoms with Crippen LogP contribution >= 0.6 is 11.6 Å². The van der Waals surface area contributed by atoms with Gasteiger partial charge in [-0.2, -0.15) is 0 Å². The number of benzene rings is 2. The molecule has 2 aromatic rings. The molecule has 5 heteroatoms. The molecule has 0 aliphatic carbocycles. The second-order valence-electron chi connectivity index (χ2n) is 6.32. The SMILES string of the molecule is COC(=O)C1=CC(c2ccc(Cl)cc2)CC2(NCc3ccccc32)O1. The molecule has 0 amide bonds. The normalized spacial score (nSPS) is 24.4. The van der Waals surface area contributed by atoms with E-state index in [9.17, 15) is 4.79 Å². The average molecular weight is 356 g/mol. The third-order valence-electron chi connectivity index (χ3n) is 4.85. The zero-order chi connectivity index (χ0) is 17.4. The first-order chi connectivity index (χ1) is 12.1. The second-order valence-corrected chi connectivity index (χ2v) is 6.76. The number of methoxy groups -OCH3 is 1. The van der Waals surface area contributed by atoms with E-state index in [0.29, 0.717) is 18.0 Å². The molecular weight excluding hydrogens is 338 g/mol. The number of hydrogen-bond donors (Lipinski definition) is 1. The Labute approximate surface area is 151 Å². The quantitative estimate of drug-likeness (QED) is 0.831. The van der Waals surface area contributed by atoms with Gasteiger partial charge in [0, 0.05) is 29.5 Å². The van der Waals surface area contributed by atoms with Crippen LogP contribution in [0.15, 0.2) is 60.4 Å². The summed E-state index contributed by atoms with van der Waals surface area (Å²) in [5.74, 6) is -0.221. The Morgan fingerprint density at radius 2 is 2.00 bits per heavy atom. The molecule has 2 aliphatic heterocycles. The summed E-state index contributed by atoms with van der Waals surface area (Å²) in [6.07, 6.45) is 2.52. The smallest absolute Gasteiger partial charge is 0.373 e. The van der Waals surface area contributed by atoms with Crippen LogP contribution in [0.2, 0.25) is 5.02 Å². The Bertz CT molecular complexity index is 846. The van der Waals surface area contributed by atoms with Crippen LogP contribution in [0.3, 0.4) is 0 Å². The van der Waals surface area contributed by atoms with Crippen LogP contribution in [-0.2, 0) is 26.5 Å². The van der Waals surface area contributed by atoms with Crippen LogP contribution in [0.1, 0.15) is 29.0 Å². The average Bonchev–Trinajstić information content (AvgIpc) is 2.99. The number of ether oxygens (including phenoxy) is 2. The molecule has 0 radical (unpaired) electrons. The lowest BCUT2D eigenvalue weighted by Crippen LogP contribution is -2.44. The van der Waals surface area contributed by atoms with Gasteiger partial charge in [0.2, 0.25) is 5.76 Å². The standard InChI is InChI=1S/C20H18ClNO3/c1-24-19(23)18-10-15(13-6-8-16(21)9-7-13)11-20(25-18)17-5-3-2-4-14(17)12-22-20/h2-10,15,22H,11-12H2,1H3. The monoisotopic (exact) mass is 355 g/mol. The number of carbonyl (C=O) groups is 1. The first-order valence-corrected chi connectivity index (χ1v) is 8.57. The molecule has 2 aromatic carbocycles. The molecule has 25 heavy (non-hydrogen) atoms. The van der Waals surface area contributed by atoms with Crippen LogP contribution in [0, 0.1) is 0 Å². The minimum absolute atomic E-state index is 0.0128. The molecule has 0 aromatic heterocycles. The lowest BCUT2D eigenvalue weighted by Gasteiger charge is -2.38. The highest BCUT2D eigenvalue weighted by molar-refractivity contribution is 6.30. The van der Waals surface area contributed by atoms with Crippen molar-refractivity contribution in [2.45, 2.75) is 24.6 Å². The molecule has 0 bridgehead atoms. The van der Waals surface area contributed by atoms with Crippen LogP contribution in [0.25, 0.3) is 0 Å². The molecule has 4 nitrogen and oxygen atoms in total. The van der Waals surface area contributed by atoms with E-state index < -0.39 is 11.7 Å². The summed E-state index contributed by atoms with van der Waals surface area (Å²) in [7, 11) is 1.36. The highest BCUT2D eigenvalue weighted by atomic mass is 35.5. The second kappa shape index (κ2) is 6.21. The maximum absolute atomic E-state index is 12.2. The molecule has 2 unspecified atom stereocenters. The van der Waals surface area contributed by atoms with Crippen molar-refractivity contribution >= 4 is 17.6 Å². The number of fused-ring (bicyclic) bond motifs is 2. The van der Waals surface area contributed by atoms with Gasteiger partial charge in [-0.15, -0.1) is 0 Å². The molecule has 1 N–H and O–H groups in total. The molecule has 128 valence electrons. The zero-order valence-electron chi connectivity index (χ0n) is 13.8. The van der Waals surface area contributed by atoms with Crippen molar-refractivity contribution in [3.05, 3.63) is 82.1 Å². The summed E-state index contributed by atoms with van der Waals surface area (Å²) in [6, 6.07) is 15.8. The van der Waals surface area contributed by atoms with E-state index in [1.54, 1.807) is 0 Å². The fourth-order valence-electron chi connectivity index (χ4n) is 3.62. The third kappa shape index (κ3) is 2.81. The molecule has 2 atom stereocenters. The van der Waals surface area contributed by atoms with Gasteiger partial charge in [0.05, 0.1) is 7.11 Å². The van der Waals surface area contributed by atoms with Crippen molar-refractivity contribution in [2.24, 2.45) is 0 Å². The summed E-state index contributed by atoms with van der Waals surface area (Å²) < 4.78 is 11.0. The molecule has 4 rings (SSSR count). The zero-order valence-corrected chi connectivity index (χ0v) is 14.5. The predicted molar refractivity (Wildman–Crippen MR) is 95.0 cm³/mol. The lowest BCUT2D eigenvalue weighted by molar-refractivity contribution is -0.147. The van der Waals surface area contributed by atoms with Crippen LogP contribution in [0.4, 0.5) is 0 Å². The number of rotatable bonds is 2. The van der Waals surface area contributed by atoms with Crippen molar-refractivity contribution in [3.63, 3.8) is 0 Å². The highest BCUT2D eigenvalue weighted by Crippen LogP contribution is 2.45. The van der Waals surface area contributed by atoms with Gasteiger partial charge in [0.15, 0.2) is 5.72 Å².